The molecule has 0 aromatic heterocycles. The van der Waals surface area contributed by atoms with Crippen LogP contribution in [0.3, 0.4) is 0 Å². The summed E-state index contributed by atoms with van der Waals surface area (Å²) in [5, 5.41) is 3.06. The van der Waals surface area contributed by atoms with Gasteiger partial charge in [0.1, 0.15) is 0 Å². The molecule has 2 aromatic rings. The smallest absolute Gasteiger partial charge is 0.0809 e. The number of hydrogen-bond acceptors (Lipinski definition) is 2. The van der Waals surface area contributed by atoms with Crippen LogP contribution >= 0.6 is 138 Å². The average molecular weight is 731 g/mol. The molecule has 0 spiro atoms. The average Bonchev–Trinajstić information content (AvgIpc) is 2.87. The molecule has 0 aliphatic carbocycles. The fourth-order valence-corrected chi connectivity index (χ4v) is 8.52. The highest BCUT2D eigenvalue weighted by molar-refractivity contribution is 8.76. The van der Waals surface area contributed by atoms with Crippen LogP contribution in [0.2, 0.25) is 50.2 Å². The molecule has 0 unspecified atom stereocenters. The van der Waals surface area contributed by atoms with Crippen molar-refractivity contribution < 1.29 is 0 Å². The first kappa shape index (κ1) is 34.2. The summed E-state index contributed by atoms with van der Waals surface area (Å²) in [6.45, 7) is 0. The van der Waals surface area contributed by atoms with Crippen molar-refractivity contribution in [2.75, 3.05) is 11.5 Å². The number of hydrogen-bond donors (Lipinski definition) is 0. The summed E-state index contributed by atoms with van der Waals surface area (Å²) in [4.78, 5) is 0. The molecule has 0 nitrogen and oxygen atoms in total. The standard InChI is InChI=1S/C24H24Cl10S2/c25-15-13(16(26)20(30)23(33)19(15)29)9-5-1-3-7-11-35-36-12-8-4-2-6-10-14-17(27)21(31)24(34)22(32)18(14)28/h1-12H2. The van der Waals surface area contributed by atoms with Crippen LogP contribution in [0.1, 0.15) is 62.5 Å². The summed E-state index contributed by atoms with van der Waals surface area (Å²) in [5.74, 6) is 2.28. The van der Waals surface area contributed by atoms with Gasteiger partial charge in [-0.3, -0.25) is 0 Å². The van der Waals surface area contributed by atoms with Crippen molar-refractivity contribution in [1.82, 2.24) is 0 Å². The van der Waals surface area contributed by atoms with Crippen LogP contribution < -0.4 is 0 Å². The second-order valence-electron chi connectivity index (χ2n) is 8.07. The molecule has 2 aromatic carbocycles. The fraction of sp³-hybridized carbons (Fsp3) is 0.500. The molecule has 12 heteroatoms. The molecule has 202 valence electrons. The minimum atomic E-state index is 0.204. The van der Waals surface area contributed by atoms with E-state index in [9.17, 15) is 0 Å². The summed E-state index contributed by atoms with van der Waals surface area (Å²) in [7, 11) is 3.87. The number of halogens is 10. The van der Waals surface area contributed by atoms with Gasteiger partial charge in [0, 0.05) is 11.5 Å². The zero-order valence-corrected chi connectivity index (χ0v) is 28.3. The van der Waals surface area contributed by atoms with Crippen molar-refractivity contribution in [3.63, 3.8) is 0 Å². The van der Waals surface area contributed by atoms with Crippen LogP contribution in [0, 0.1) is 0 Å². The predicted octanol–water partition coefficient (Wildman–Crippen LogP) is 14.5. The van der Waals surface area contributed by atoms with Gasteiger partial charge >= 0.3 is 0 Å². The summed E-state index contributed by atoms with van der Waals surface area (Å²) in [5.41, 5.74) is 1.55. The highest BCUT2D eigenvalue weighted by Gasteiger charge is 2.19. The fourth-order valence-electron chi connectivity index (χ4n) is 3.49. The topological polar surface area (TPSA) is 0 Å². The Kier molecular flexibility index (Phi) is 16.9. The molecule has 0 aliphatic heterocycles. The molecule has 0 aliphatic rings. The van der Waals surface area contributed by atoms with E-state index in [0.717, 1.165) is 74.0 Å². The SMILES string of the molecule is Clc1c(Cl)c(Cl)c(CCCCCCSSCCCCCCc2c(Cl)c(Cl)c(Cl)c(Cl)c2Cl)c(Cl)c1Cl. The molecule has 0 radical (unpaired) electrons. The first-order chi connectivity index (χ1) is 17.1. The van der Waals surface area contributed by atoms with Gasteiger partial charge in [-0.15, -0.1) is 0 Å². The predicted molar refractivity (Wildman–Crippen MR) is 172 cm³/mol. The normalized spacial score (nSPS) is 11.5. The summed E-state index contributed by atoms with van der Waals surface area (Å²) >= 11 is 61.8. The Morgan fingerprint density at radius 2 is 0.556 bits per heavy atom. The maximum atomic E-state index is 6.29. The minimum absolute atomic E-state index is 0.204. The maximum Gasteiger partial charge on any atom is 0.0809 e. The quantitative estimate of drug-likeness (QED) is 0.0774. The second-order valence-corrected chi connectivity index (χ2v) is 14.6. The molecule has 0 atom stereocenters. The Hall–Kier alpha value is 2.04. The number of unbranched alkanes of at least 4 members (excludes halogenated alkanes) is 6. The van der Waals surface area contributed by atoms with Gasteiger partial charge in [-0.25, -0.2) is 0 Å². The lowest BCUT2D eigenvalue weighted by atomic mass is 10.1. The van der Waals surface area contributed by atoms with E-state index in [1.165, 1.54) is 12.8 Å². The van der Waals surface area contributed by atoms with Gasteiger partial charge in [-0.2, -0.15) is 0 Å². The third-order valence-corrected chi connectivity index (χ3v) is 12.8. The van der Waals surface area contributed by atoms with E-state index in [1.54, 1.807) is 0 Å². The van der Waals surface area contributed by atoms with E-state index in [2.05, 4.69) is 0 Å². The first-order valence-corrected chi connectivity index (χ1v) is 17.6. The zero-order chi connectivity index (χ0) is 26.8. The lowest BCUT2D eigenvalue weighted by Gasteiger charge is -2.12. The van der Waals surface area contributed by atoms with Crippen LogP contribution in [0.5, 0.6) is 0 Å². The van der Waals surface area contributed by atoms with Crippen molar-refractivity contribution >= 4 is 138 Å². The minimum Gasteiger partial charge on any atom is -0.0942 e. The zero-order valence-electron chi connectivity index (χ0n) is 19.1. The van der Waals surface area contributed by atoms with E-state index < -0.39 is 0 Å². The van der Waals surface area contributed by atoms with Crippen molar-refractivity contribution in [3.8, 4) is 0 Å². The van der Waals surface area contributed by atoms with Crippen molar-refractivity contribution in [3.05, 3.63) is 61.4 Å². The van der Waals surface area contributed by atoms with Crippen LogP contribution in [-0.4, -0.2) is 11.5 Å². The Morgan fingerprint density at radius 3 is 0.861 bits per heavy atom. The number of benzene rings is 2. The molecule has 0 N–H and O–H groups in total. The monoisotopic (exact) mass is 726 g/mol. The molecule has 0 saturated carbocycles. The third kappa shape index (κ3) is 9.85. The highest BCUT2D eigenvalue weighted by atomic mass is 35.5. The summed E-state index contributed by atoms with van der Waals surface area (Å²) < 4.78 is 0. The largest absolute Gasteiger partial charge is 0.0942 e. The lowest BCUT2D eigenvalue weighted by molar-refractivity contribution is 0.670. The van der Waals surface area contributed by atoms with Gasteiger partial charge in [-0.1, -0.05) is 163 Å². The molecule has 36 heavy (non-hydrogen) atoms. The Labute approximate surface area is 272 Å². The Morgan fingerprint density at radius 1 is 0.306 bits per heavy atom. The van der Waals surface area contributed by atoms with Crippen LogP contribution in [0.4, 0.5) is 0 Å². The van der Waals surface area contributed by atoms with E-state index in [0.29, 0.717) is 20.1 Å². The van der Waals surface area contributed by atoms with Crippen molar-refractivity contribution in [2.24, 2.45) is 0 Å². The summed E-state index contributed by atoms with van der Waals surface area (Å²) in [6, 6.07) is 0. The van der Waals surface area contributed by atoms with Gasteiger partial charge in [0.2, 0.25) is 0 Å². The lowest BCUT2D eigenvalue weighted by Crippen LogP contribution is -1.93. The van der Waals surface area contributed by atoms with E-state index in [4.69, 9.17) is 116 Å². The van der Waals surface area contributed by atoms with Gasteiger partial charge < -0.3 is 0 Å². The van der Waals surface area contributed by atoms with Crippen LogP contribution in [0.15, 0.2) is 0 Å². The maximum absolute atomic E-state index is 6.29. The van der Waals surface area contributed by atoms with Crippen LogP contribution in [-0.2, 0) is 12.8 Å². The van der Waals surface area contributed by atoms with Crippen molar-refractivity contribution in [2.45, 2.75) is 64.2 Å². The Balaban J connectivity index is 1.50. The number of rotatable bonds is 15. The van der Waals surface area contributed by atoms with Crippen molar-refractivity contribution in [1.29, 1.82) is 0 Å². The van der Waals surface area contributed by atoms with E-state index in [1.807, 2.05) is 21.6 Å². The van der Waals surface area contributed by atoms with Gasteiger partial charge in [0.05, 0.1) is 50.2 Å². The molecule has 2 rings (SSSR count). The molecule has 0 heterocycles. The molecule has 0 saturated heterocycles. The van der Waals surface area contributed by atoms with Crippen LogP contribution in [0.25, 0.3) is 0 Å². The highest BCUT2D eigenvalue weighted by Crippen LogP contribution is 2.45. The Bertz CT molecular complexity index is 889. The molecular formula is C24H24Cl10S2. The summed E-state index contributed by atoms with van der Waals surface area (Å²) in [6.07, 6.45) is 10.2. The molecular weight excluding hydrogens is 707 g/mol. The van der Waals surface area contributed by atoms with Gasteiger partial charge in [0.15, 0.2) is 0 Å². The second kappa shape index (κ2) is 17.8. The van der Waals surface area contributed by atoms with Gasteiger partial charge in [-0.05, 0) is 49.7 Å². The third-order valence-electron chi connectivity index (χ3n) is 5.49. The van der Waals surface area contributed by atoms with E-state index in [-0.39, 0.29) is 30.1 Å². The molecule has 0 bridgehead atoms. The molecule has 0 fully saturated rings. The van der Waals surface area contributed by atoms with E-state index >= 15 is 0 Å². The molecule has 0 amide bonds. The van der Waals surface area contributed by atoms with Gasteiger partial charge in [0.25, 0.3) is 0 Å². The first-order valence-electron chi connectivity index (χ1n) is 11.3.